The van der Waals surface area contributed by atoms with E-state index < -0.39 is 0 Å². The summed E-state index contributed by atoms with van der Waals surface area (Å²) in [7, 11) is 2.05. The molecule has 0 aliphatic heterocycles. The number of fused-ring (bicyclic) bond motifs is 1. The van der Waals surface area contributed by atoms with E-state index in [-0.39, 0.29) is 0 Å². The maximum absolute atomic E-state index is 4.78. The zero-order valence-corrected chi connectivity index (χ0v) is 13.5. The molecule has 1 aliphatic rings. The minimum atomic E-state index is 0.568. The fourth-order valence-electron chi connectivity index (χ4n) is 3.93. The van der Waals surface area contributed by atoms with Gasteiger partial charge < -0.3 is 5.32 Å². The Bertz CT molecular complexity index is 602. The smallest absolute Gasteiger partial charge is 0.0718 e. The minimum absolute atomic E-state index is 0.568. The number of hydrogen-bond donors (Lipinski definition) is 1. The Kier molecular flexibility index (Phi) is 4.29. The molecule has 3 rings (SSSR count). The van der Waals surface area contributed by atoms with Gasteiger partial charge >= 0.3 is 0 Å². The van der Waals surface area contributed by atoms with Gasteiger partial charge in [0.05, 0.1) is 11.2 Å². The number of para-hydroxylation sites is 1. The van der Waals surface area contributed by atoms with Crippen molar-refractivity contribution in [2.45, 2.75) is 45.6 Å². The minimum Gasteiger partial charge on any atom is -0.314 e. The SMILES string of the molecule is CCNC(Cc1nn(C)c2ccccc12)C1CCC(C)C1. The summed E-state index contributed by atoms with van der Waals surface area (Å²) in [6.45, 7) is 5.64. The van der Waals surface area contributed by atoms with Crippen LogP contribution in [0.25, 0.3) is 10.9 Å². The highest BCUT2D eigenvalue weighted by molar-refractivity contribution is 5.81. The first-order chi connectivity index (χ1) is 10.2. The summed E-state index contributed by atoms with van der Waals surface area (Å²) in [5.41, 5.74) is 2.49. The van der Waals surface area contributed by atoms with Crippen LogP contribution in [0.15, 0.2) is 24.3 Å². The van der Waals surface area contributed by atoms with Crippen LogP contribution in [0.5, 0.6) is 0 Å². The highest BCUT2D eigenvalue weighted by Gasteiger charge is 2.29. The zero-order valence-electron chi connectivity index (χ0n) is 13.5. The molecule has 0 radical (unpaired) electrons. The summed E-state index contributed by atoms with van der Waals surface area (Å²) in [5.74, 6) is 1.69. The average molecular weight is 285 g/mol. The molecule has 3 nitrogen and oxygen atoms in total. The van der Waals surface area contributed by atoms with Crippen LogP contribution in [0.4, 0.5) is 0 Å². The normalized spacial score (nSPS) is 23.8. The van der Waals surface area contributed by atoms with Crippen molar-refractivity contribution < 1.29 is 0 Å². The molecule has 2 aromatic rings. The third kappa shape index (κ3) is 2.98. The van der Waals surface area contributed by atoms with Gasteiger partial charge in [-0.2, -0.15) is 5.10 Å². The van der Waals surface area contributed by atoms with Crippen LogP contribution in [0.3, 0.4) is 0 Å². The number of nitrogens with one attached hydrogen (secondary N) is 1. The number of aryl methyl sites for hydroxylation is 1. The molecule has 114 valence electrons. The van der Waals surface area contributed by atoms with E-state index >= 15 is 0 Å². The molecule has 1 heterocycles. The summed E-state index contributed by atoms with van der Waals surface area (Å²) >= 11 is 0. The lowest BCUT2D eigenvalue weighted by Crippen LogP contribution is -2.37. The first kappa shape index (κ1) is 14.6. The van der Waals surface area contributed by atoms with Gasteiger partial charge in [-0.25, -0.2) is 0 Å². The van der Waals surface area contributed by atoms with Crippen LogP contribution in [0.2, 0.25) is 0 Å². The van der Waals surface area contributed by atoms with Gasteiger partial charge in [-0.3, -0.25) is 4.68 Å². The molecular formula is C18H27N3. The van der Waals surface area contributed by atoms with Gasteiger partial charge in [0.2, 0.25) is 0 Å². The molecule has 3 heteroatoms. The van der Waals surface area contributed by atoms with Crippen molar-refractivity contribution in [1.29, 1.82) is 0 Å². The lowest BCUT2D eigenvalue weighted by Gasteiger charge is -2.24. The summed E-state index contributed by atoms with van der Waals surface area (Å²) in [5, 5.41) is 9.81. The predicted molar refractivity (Wildman–Crippen MR) is 88.4 cm³/mol. The van der Waals surface area contributed by atoms with Crippen LogP contribution in [-0.2, 0) is 13.5 Å². The lowest BCUT2D eigenvalue weighted by molar-refractivity contribution is 0.351. The number of benzene rings is 1. The van der Waals surface area contributed by atoms with E-state index in [2.05, 4.69) is 43.4 Å². The molecule has 1 aromatic carbocycles. The van der Waals surface area contributed by atoms with Gasteiger partial charge in [0.1, 0.15) is 0 Å². The number of nitrogens with zero attached hydrogens (tertiary/aromatic N) is 2. The quantitative estimate of drug-likeness (QED) is 0.911. The van der Waals surface area contributed by atoms with Gasteiger partial charge in [-0.15, -0.1) is 0 Å². The van der Waals surface area contributed by atoms with Crippen molar-refractivity contribution in [1.82, 2.24) is 15.1 Å². The van der Waals surface area contributed by atoms with E-state index in [0.717, 1.165) is 24.8 Å². The predicted octanol–water partition coefficient (Wildman–Crippen LogP) is 3.53. The Labute approximate surface area is 127 Å². The van der Waals surface area contributed by atoms with Crippen molar-refractivity contribution >= 4 is 10.9 Å². The topological polar surface area (TPSA) is 29.9 Å². The third-order valence-electron chi connectivity index (χ3n) is 5.02. The van der Waals surface area contributed by atoms with Crippen LogP contribution >= 0.6 is 0 Å². The standard InChI is InChI=1S/C18H27N3/c1-4-19-16(14-10-9-13(2)11-14)12-17-15-7-5-6-8-18(15)21(3)20-17/h5-8,13-14,16,19H,4,9-12H2,1-3H3. The Hall–Kier alpha value is -1.35. The van der Waals surface area contributed by atoms with E-state index in [1.807, 2.05) is 11.7 Å². The maximum atomic E-state index is 4.78. The number of rotatable bonds is 5. The fraction of sp³-hybridized carbons (Fsp3) is 0.611. The highest BCUT2D eigenvalue weighted by Crippen LogP contribution is 2.34. The monoisotopic (exact) mass is 285 g/mol. The summed E-state index contributed by atoms with van der Waals surface area (Å²) in [4.78, 5) is 0. The third-order valence-corrected chi connectivity index (χ3v) is 5.02. The van der Waals surface area contributed by atoms with Crippen molar-refractivity contribution in [2.24, 2.45) is 18.9 Å². The van der Waals surface area contributed by atoms with E-state index in [0.29, 0.717) is 6.04 Å². The molecule has 1 fully saturated rings. The van der Waals surface area contributed by atoms with Crippen molar-refractivity contribution in [3.05, 3.63) is 30.0 Å². The van der Waals surface area contributed by atoms with Gasteiger partial charge in [0.15, 0.2) is 0 Å². The summed E-state index contributed by atoms with van der Waals surface area (Å²) in [6.07, 6.45) is 5.16. The van der Waals surface area contributed by atoms with E-state index in [4.69, 9.17) is 5.10 Å². The van der Waals surface area contributed by atoms with Crippen LogP contribution in [0, 0.1) is 11.8 Å². The molecule has 3 atom stereocenters. The maximum Gasteiger partial charge on any atom is 0.0718 e. The first-order valence-corrected chi connectivity index (χ1v) is 8.33. The van der Waals surface area contributed by atoms with Gasteiger partial charge in [0.25, 0.3) is 0 Å². The molecule has 1 N–H and O–H groups in total. The molecule has 21 heavy (non-hydrogen) atoms. The van der Waals surface area contributed by atoms with Gasteiger partial charge in [-0.05, 0) is 37.3 Å². The number of likely N-dealkylation sites (N-methyl/N-ethyl adjacent to an activating group) is 1. The van der Waals surface area contributed by atoms with Crippen LogP contribution in [0.1, 0.15) is 38.8 Å². The molecule has 0 bridgehead atoms. The van der Waals surface area contributed by atoms with Crippen LogP contribution < -0.4 is 5.32 Å². The summed E-state index contributed by atoms with van der Waals surface area (Å²) < 4.78 is 2.02. The highest BCUT2D eigenvalue weighted by atomic mass is 15.3. The average Bonchev–Trinajstić information content (AvgIpc) is 3.04. The van der Waals surface area contributed by atoms with Crippen molar-refractivity contribution in [3.8, 4) is 0 Å². The second-order valence-corrected chi connectivity index (χ2v) is 6.63. The molecule has 0 saturated heterocycles. The summed E-state index contributed by atoms with van der Waals surface area (Å²) in [6, 6.07) is 9.14. The fourth-order valence-corrected chi connectivity index (χ4v) is 3.93. The second-order valence-electron chi connectivity index (χ2n) is 6.63. The number of hydrogen-bond acceptors (Lipinski definition) is 2. The second kappa shape index (κ2) is 6.18. The van der Waals surface area contributed by atoms with E-state index in [9.17, 15) is 0 Å². The van der Waals surface area contributed by atoms with E-state index in [1.54, 1.807) is 0 Å². The molecule has 0 spiro atoms. The van der Waals surface area contributed by atoms with E-state index in [1.165, 1.54) is 35.9 Å². The van der Waals surface area contributed by atoms with Crippen molar-refractivity contribution in [3.63, 3.8) is 0 Å². The van der Waals surface area contributed by atoms with Crippen LogP contribution in [-0.4, -0.2) is 22.4 Å². The molecule has 1 aromatic heterocycles. The Morgan fingerprint density at radius 1 is 1.33 bits per heavy atom. The molecule has 0 amide bonds. The van der Waals surface area contributed by atoms with Crippen molar-refractivity contribution in [2.75, 3.05) is 6.54 Å². The first-order valence-electron chi connectivity index (χ1n) is 8.33. The Morgan fingerprint density at radius 3 is 2.86 bits per heavy atom. The Morgan fingerprint density at radius 2 is 2.14 bits per heavy atom. The largest absolute Gasteiger partial charge is 0.314 e. The molecule has 1 aliphatic carbocycles. The molecule has 3 unspecified atom stereocenters. The molecular weight excluding hydrogens is 258 g/mol. The number of aromatic nitrogens is 2. The molecule has 1 saturated carbocycles. The lowest BCUT2D eigenvalue weighted by atomic mass is 9.92. The van der Waals surface area contributed by atoms with Gasteiger partial charge in [-0.1, -0.05) is 38.5 Å². The van der Waals surface area contributed by atoms with Gasteiger partial charge in [0, 0.05) is 24.9 Å². The Balaban J connectivity index is 1.84. The zero-order chi connectivity index (χ0) is 14.8.